The van der Waals surface area contributed by atoms with Gasteiger partial charge in [-0.05, 0) is 36.9 Å². The minimum atomic E-state index is 0.398. The van der Waals surface area contributed by atoms with Crippen molar-refractivity contribution in [1.82, 2.24) is 15.2 Å². The van der Waals surface area contributed by atoms with Crippen molar-refractivity contribution >= 4 is 22.5 Å². The number of fused-ring (bicyclic) bond motifs is 1. The number of halogens is 1. The van der Waals surface area contributed by atoms with Gasteiger partial charge < -0.3 is 5.32 Å². The topological polar surface area (TPSA) is 28.2 Å². The minimum Gasteiger partial charge on any atom is -0.314 e. The molecule has 0 bridgehead atoms. The molecular formula is C14H16ClN3. The Labute approximate surface area is 112 Å². The first-order chi connectivity index (χ1) is 8.74. The van der Waals surface area contributed by atoms with Crippen LogP contribution in [-0.2, 0) is 0 Å². The van der Waals surface area contributed by atoms with E-state index in [9.17, 15) is 0 Å². The second kappa shape index (κ2) is 4.84. The fourth-order valence-electron chi connectivity index (χ4n) is 2.48. The zero-order valence-corrected chi connectivity index (χ0v) is 11.1. The molecule has 1 fully saturated rings. The predicted molar refractivity (Wildman–Crippen MR) is 75.0 cm³/mol. The number of likely N-dealkylation sites (N-methyl/N-ethyl adjacent to an activating group) is 1. The van der Waals surface area contributed by atoms with Crippen LogP contribution in [0.4, 0.5) is 0 Å². The van der Waals surface area contributed by atoms with Gasteiger partial charge in [-0.1, -0.05) is 11.6 Å². The van der Waals surface area contributed by atoms with Gasteiger partial charge in [0.1, 0.15) is 0 Å². The summed E-state index contributed by atoms with van der Waals surface area (Å²) in [5.41, 5.74) is 2.24. The summed E-state index contributed by atoms with van der Waals surface area (Å²) < 4.78 is 0. The summed E-state index contributed by atoms with van der Waals surface area (Å²) in [4.78, 5) is 6.88. The van der Waals surface area contributed by atoms with Crippen LogP contribution in [0.1, 0.15) is 11.6 Å². The number of hydrogen-bond donors (Lipinski definition) is 1. The number of aromatic nitrogens is 1. The highest BCUT2D eigenvalue weighted by molar-refractivity contribution is 6.31. The lowest BCUT2D eigenvalue weighted by Crippen LogP contribution is -2.43. The highest BCUT2D eigenvalue weighted by Crippen LogP contribution is 2.24. The second-order valence-electron chi connectivity index (χ2n) is 4.81. The van der Waals surface area contributed by atoms with Crippen molar-refractivity contribution in [3.8, 4) is 0 Å². The maximum absolute atomic E-state index is 6.03. The summed E-state index contributed by atoms with van der Waals surface area (Å²) in [6.07, 6.45) is 1.98. The molecule has 3 nitrogen and oxygen atoms in total. The van der Waals surface area contributed by atoms with E-state index in [0.717, 1.165) is 35.6 Å². The molecule has 3 rings (SSSR count). The van der Waals surface area contributed by atoms with Crippen LogP contribution in [0.25, 0.3) is 10.9 Å². The van der Waals surface area contributed by atoms with Crippen LogP contribution in [-0.4, -0.2) is 36.6 Å². The van der Waals surface area contributed by atoms with E-state index >= 15 is 0 Å². The van der Waals surface area contributed by atoms with Crippen molar-refractivity contribution in [1.29, 1.82) is 0 Å². The molecule has 4 heteroatoms. The van der Waals surface area contributed by atoms with E-state index in [-0.39, 0.29) is 0 Å². The molecule has 0 saturated carbocycles. The highest BCUT2D eigenvalue weighted by Gasteiger charge is 2.20. The minimum absolute atomic E-state index is 0.398. The molecule has 0 radical (unpaired) electrons. The monoisotopic (exact) mass is 261 g/mol. The number of piperazine rings is 1. The first-order valence-corrected chi connectivity index (χ1v) is 6.58. The number of nitrogens with zero attached hydrogens (tertiary/aromatic N) is 2. The maximum atomic E-state index is 6.03. The van der Waals surface area contributed by atoms with Gasteiger partial charge in [0.15, 0.2) is 0 Å². The van der Waals surface area contributed by atoms with Gasteiger partial charge in [-0.2, -0.15) is 0 Å². The third-order valence-electron chi connectivity index (χ3n) is 3.56. The van der Waals surface area contributed by atoms with E-state index in [1.165, 1.54) is 5.56 Å². The fraction of sp³-hybridized carbons (Fsp3) is 0.357. The maximum Gasteiger partial charge on any atom is 0.0703 e. The lowest BCUT2D eigenvalue weighted by molar-refractivity contribution is 0.202. The van der Waals surface area contributed by atoms with Crippen LogP contribution in [0.15, 0.2) is 30.5 Å². The van der Waals surface area contributed by atoms with Gasteiger partial charge >= 0.3 is 0 Å². The molecule has 2 heterocycles. The average Bonchev–Trinajstić information content (AvgIpc) is 2.38. The molecule has 0 aliphatic carbocycles. The molecule has 1 N–H and O–H groups in total. The summed E-state index contributed by atoms with van der Waals surface area (Å²) in [7, 11) is 2.16. The molecule has 1 unspecified atom stereocenters. The fourth-order valence-corrected chi connectivity index (χ4v) is 2.66. The van der Waals surface area contributed by atoms with Crippen LogP contribution >= 0.6 is 11.6 Å². The van der Waals surface area contributed by atoms with Gasteiger partial charge in [0.05, 0.1) is 5.52 Å². The number of benzene rings is 1. The first kappa shape index (κ1) is 11.9. The van der Waals surface area contributed by atoms with Crippen molar-refractivity contribution in [3.05, 3.63) is 41.0 Å². The standard InChI is InChI=1S/C14H16ClN3/c1-18-5-4-16-9-14(18)11-6-10-7-12(15)2-3-13(10)17-8-11/h2-3,6-8,14,16H,4-5,9H2,1H3. The van der Waals surface area contributed by atoms with Crippen LogP contribution in [0.5, 0.6) is 0 Å². The summed E-state index contributed by atoms with van der Waals surface area (Å²) in [6.45, 7) is 3.10. The zero-order chi connectivity index (χ0) is 12.5. The normalized spacial score (nSPS) is 21.3. The lowest BCUT2D eigenvalue weighted by Gasteiger charge is -2.33. The summed E-state index contributed by atoms with van der Waals surface area (Å²) in [6, 6.07) is 8.41. The Hall–Kier alpha value is -1.16. The van der Waals surface area contributed by atoms with Gasteiger partial charge in [-0.15, -0.1) is 0 Å². The van der Waals surface area contributed by atoms with E-state index < -0.39 is 0 Å². The largest absolute Gasteiger partial charge is 0.314 e. The summed E-state index contributed by atoms with van der Waals surface area (Å²) >= 11 is 6.03. The zero-order valence-electron chi connectivity index (χ0n) is 10.4. The molecule has 1 aliphatic rings. The van der Waals surface area contributed by atoms with Gasteiger partial charge in [0.25, 0.3) is 0 Å². The number of hydrogen-bond acceptors (Lipinski definition) is 3. The van der Waals surface area contributed by atoms with Gasteiger partial charge in [0.2, 0.25) is 0 Å². The van der Waals surface area contributed by atoms with E-state index in [1.54, 1.807) is 0 Å². The van der Waals surface area contributed by atoms with Crippen LogP contribution in [0.2, 0.25) is 5.02 Å². The van der Waals surface area contributed by atoms with Crippen LogP contribution in [0, 0.1) is 0 Å². The Morgan fingerprint density at radius 3 is 3.11 bits per heavy atom. The van der Waals surface area contributed by atoms with Crippen molar-refractivity contribution in [2.45, 2.75) is 6.04 Å². The molecule has 94 valence electrons. The van der Waals surface area contributed by atoms with Crippen molar-refractivity contribution in [3.63, 3.8) is 0 Å². The van der Waals surface area contributed by atoms with E-state index in [1.807, 2.05) is 24.4 Å². The number of pyridine rings is 1. The molecule has 1 saturated heterocycles. The summed E-state index contributed by atoms with van der Waals surface area (Å²) in [5, 5.41) is 5.30. The van der Waals surface area contributed by atoms with Crippen molar-refractivity contribution in [2.75, 3.05) is 26.7 Å². The van der Waals surface area contributed by atoms with Crippen LogP contribution < -0.4 is 5.32 Å². The van der Waals surface area contributed by atoms with Gasteiger partial charge in [-0.25, -0.2) is 0 Å². The van der Waals surface area contributed by atoms with Crippen molar-refractivity contribution in [2.24, 2.45) is 0 Å². The number of nitrogens with one attached hydrogen (secondary N) is 1. The Kier molecular flexibility index (Phi) is 3.20. The number of rotatable bonds is 1. The molecule has 1 aliphatic heterocycles. The first-order valence-electron chi connectivity index (χ1n) is 6.20. The Bertz CT molecular complexity index is 570. The predicted octanol–water partition coefficient (Wildman–Crippen LogP) is 2.46. The Morgan fingerprint density at radius 2 is 2.28 bits per heavy atom. The third kappa shape index (κ3) is 2.21. The molecule has 0 amide bonds. The third-order valence-corrected chi connectivity index (χ3v) is 3.80. The Morgan fingerprint density at radius 1 is 1.39 bits per heavy atom. The average molecular weight is 262 g/mol. The molecule has 1 aromatic carbocycles. The van der Waals surface area contributed by atoms with E-state index in [2.05, 4.69) is 28.3 Å². The van der Waals surface area contributed by atoms with Gasteiger partial charge in [-0.3, -0.25) is 9.88 Å². The quantitative estimate of drug-likeness (QED) is 0.855. The molecule has 18 heavy (non-hydrogen) atoms. The second-order valence-corrected chi connectivity index (χ2v) is 5.24. The van der Waals surface area contributed by atoms with Crippen LogP contribution in [0.3, 0.4) is 0 Å². The Balaban J connectivity index is 2.01. The highest BCUT2D eigenvalue weighted by atomic mass is 35.5. The SMILES string of the molecule is CN1CCNCC1c1cnc2ccc(Cl)cc2c1. The molecule has 0 spiro atoms. The van der Waals surface area contributed by atoms with Crippen molar-refractivity contribution < 1.29 is 0 Å². The van der Waals surface area contributed by atoms with E-state index in [4.69, 9.17) is 11.6 Å². The molecule has 1 aromatic heterocycles. The van der Waals surface area contributed by atoms with Gasteiger partial charge in [0, 0.05) is 42.3 Å². The molecule has 2 aromatic rings. The lowest BCUT2D eigenvalue weighted by atomic mass is 10.0. The van der Waals surface area contributed by atoms with E-state index in [0.29, 0.717) is 6.04 Å². The summed E-state index contributed by atoms with van der Waals surface area (Å²) in [5.74, 6) is 0. The molecular weight excluding hydrogens is 246 g/mol. The smallest absolute Gasteiger partial charge is 0.0703 e. The molecule has 1 atom stereocenters.